The van der Waals surface area contributed by atoms with Gasteiger partial charge in [0.2, 0.25) is 0 Å². The highest BCUT2D eigenvalue weighted by Gasteiger charge is 2.14. The fraction of sp³-hybridized carbons (Fsp3) is 0.100. The number of hydrogen-bond acceptors (Lipinski definition) is 4. The van der Waals surface area contributed by atoms with E-state index in [0.29, 0.717) is 11.3 Å². The Kier molecular flexibility index (Phi) is 4.95. The van der Waals surface area contributed by atoms with Gasteiger partial charge in [-0.15, -0.1) is 0 Å². The molecule has 0 bridgehead atoms. The predicted octanol–water partition coefficient (Wildman–Crippen LogP) is 4.45. The molecule has 0 radical (unpaired) electrons. The van der Waals surface area contributed by atoms with Crippen molar-refractivity contribution in [3.63, 3.8) is 0 Å². The third-order valence-electron chi connectivity index (χ3n) is 3.68. The lowest BCUT2D eigenvalue weighted by atomic mass is 10.1. The minimum Gasteiger partial charge on any atom is -0.459 e. The highest BCUT2D eigenvalue weighted by molar-refractivity contribution is 6.02. The summed E-state index contributed by atoms with van der Waals surface area (Å²) in [4.78, 5) is 24.1. The molecule has 0 saturated heterocycles. The van der Waals surface area contributed by atoms with Crippen molar-refractivity contribution < 1.29 is 18.7 Å². The summed E-state index contributed by atoms with van der Waals surface area (Å²) in [5.74, 6) is -0.543. The van der Waals surface area contributed by atoms with Crippen LogP contribution in [0.2, 0.25) is 0 Å². The Morgan fingerprint density at radius 2 is 1.68 bits per heavy atom. The van der Waals surface area contributed by atoms with E-state index < -0.39 is 5.97 Å². The second-order valence-electron chi connectivity index (χ2n) is 5.47. The number of furan rings is 1. The molecule has 0 fully saturated rings. The Labute approximate surface area is 145 Å². The molecular weight excluding hydrogens is 318 g/mol. The molecule has 0 unspecified atom stereocenters. The molecule has 25 heavy (non-hydrogen) atoms. The van der Waals surface area contributed by atoms with Crippen molar-refractivity contribution in [2.45, 2.75) is 13.0 Å². The topological polar surface area (TPSA) is 68.5 Å². The van der Waals surface area contributed by atoms with Gasteiger partial charge in [-0.25, -0.2) is 4.79 Å². The first-order chi connectivity index (χ1) is 12.1. The quantitative estimate of drug-likeness (QED) is 0.699. The monoisotopic (exact) mass is 335 g/mol. The SMILES string of the molecule is C[C@H](OC(=O)c1ccc(NC(=O)c2ccco2)cc1)c1ccccc1. The number of carbonyl (C=O) groups excluding carboxylic acids is 2. The average molecular weight is 335 g/mol. The lowest BCUT2D eigenvalue weighted by Crippen LogP contribution is -2.12. The van der Waals surface area contributed by atoms with Crippen LogP contribution in [0.3, 0.4) is 0 Å². The van der Waals surface area contributed by atoms with Crippen LogP contribution in [-0.4, -0.2) is 11.9 Å². The summed E-state index contributed by atoms with van der Waals surface area (Å²) in [6.45, 7) is 1.82. The van der Waals surface area contributed by atoms with Gasteiger partial charge < -0.3 is 14.5 Å². The van der Waals surface area contributed by atoms with Crippen LogP contribution in [0.1, 0.15) is 39.5 Å². The van der Waals surface area contributed by atoms with Gasteiger partial charge in [-0.3, -0.25) is 4.79 Å². The van der Waals surface area contributed by atoms with Gasteiger partial charge in [-0.05, 0) is 48.9 Å². The molecule has 1 N–H and O–H groups in total. The number of nitrogens with one attached hydrogen (secondary N) is 1. The first-order valence-corrected chi connectivity index (χ1v) is 7.84. The molecule has 0 aliphatic carbocycles. The Balaban J connectivity index is 1.61. The van der Waals surface area contributed by atoms with Gasteiger partial charge in [0, 0.05) is 5.69 Å². The van der Waals surface area contributed by atoms with E-state index in [9.17, 15) is 9.59 Å². The molecule has 0 aliphatic rings. The molecular formula is C20H17NO4. The molecule has 5 heteroatoms. The van der Waals surface area contributed by atoms with Crippen LogP contribution in [0.25, 0.3) is 0 Å². The van der Waals surface area contributed by atoms with E-state index in [4.69, 9.17) is 9.15 Å². The van der Waals surface area contributed by atoms with E-state index in [0.717, 1.165) is 5.56 Å². The first-order valence-electron chi connectivity index (χ1n) is 7.84. The van der Waals surface area contributed by atoms with Gasteiger partial charge in [-0.1, -0.05) is 30.3 Å². The summed E-state index contributed by atoms with van der Waals surface area (Å²) in [6.07, 6.45) is 1.09. The zero-order chi connectivity index (χ0) is 17.6. The maximum absolute atomic E-state index is 12.2. The maximum Gasteiger partial charge on any atom is 0.338 e. The molecule has 0 spiro atoms. The van der Waals surface area contributed by atoms with Gasteiger partial charge >= 0.3 is 5.97 Å². The van der Waals surface area contributed by atoms with Gasteiger partial charge in [0.1, 0.15) is 6.10 Å². The van der Waals surface area contributed by atoms with Gasteiger partial charge in [0.05, 0.1) is 11.8 Å². The molecule has 1 amide bonds. The lowest BCUT2D eigenvalue weighted by molar-refractivity contribution is 0.0338. The minimum atomic E-state index is -0.416. The molecule has 3 aromatic rings. The third kappa shape index (κ3) is 4.14. The van der Waals surface area contributed by atoms with E-state index in [1.165, 1.54) is 6.26 Å². The fourth-order valence-corrected chi connectivity index (χ4v) is 2.31. The number of rotatable bonds is 5. The summed E-state index contributed by atoms with van der Waals surface area (Å²) < 4.78 is 10.5. The third-order valence-corrected chi connectivity index (χ3v) is 3.68. The second kappa shape index (κ2) is 7.49. The molecule has 0 aliphatic heterocycles. The van der Waals surface area contributed by atoms with Crippen molar-refractivity contribution in [2.75, 3.05) is 5.32 Å². The normalized spacial score (nSPS) is 11.6. The lowest BCUT2D eigenvalue weighted by Gasteiger charge is -2.13. The van der Waals surface area contributed by atoms with Crippen molar-refractivity contribution in [3.8, 4) is 0 Å². The van der Waals surface area contributed by atoms with Crippen molar-refractivity contribution in [1.29, 1.82) is 0 Å². The molecule has 1 atom stereocenters. The molecule has 126 valence electrons. The van der Waals surface area contributed by atoms with Crippen LogP contribution in [0.4, 0.5) is 5.69 Å². The van der Waals surface area contributed by atoms with E-state index in [-0.39, 0.29) is 17.8 Å². The summed E-state index contributed by atoms with van der Waals surface area (Å²) in [7, 11) is 0. The van der Waals surface area contributed by atoms with Crippen LogP contribution in [0.15, 0.2) is 77.4 Å². The standard InChI is InChI=1S/C20H17NO4/c1-14(15-6-3-2-4-7-15)25-20(23)16-9-11-17(12-10-16)21-19(22)18-8-5-13-24-18/h2-14H,1H3,(H,21,22)/t14-/m0/s1. The first kappa shape index (κ1) is 16.5. The van der Waals surface area contributed by atoms with Crippen molar-refractivity contribution in [2.24, 2.45) is 0 Å². The number of amides is 1. The summed E-state index contributed by atoms with van der Waals surface area (Å²) >= 11 is 0. The molecule has 2 aromatic carbocycles. The predicted molar refractivity (Wildman–Crippen MR) is 93.4 cm³/mol. The van der Waals surface area contributed by atoms with Crippen LogP contribution < -0.4 is 5.32 Å². The average Bonchev–Trinajstić information content (AvgIpc) is 3.18. The van der Waals surface area contributed by atoms with E-state index in [1.54, 1.807) is 36.4 Å². The maximum atomic E-state index is 12.2. The molecule has 1 heterocycles. The van der Waals surface area contributed by atoms with Gasteiger partial charge in [-0.2, -0.15) is 0 Å². The van der Waals surface area contributed by atoms with Crippen LogP contribution in [0.5, 0.6) is 0 Å². The number of carbonyl (C=O) groups is 2. The van der Waals surface area contributed by atoms with Gasteiger partial charge in [0.15, 0.2) is 5.76 Å². The number of benzene rings is 2. The Bertz CT molecular complexity index is 839. The Morgan fingerprint density at radius 3 is 2.32 bits per heavy atom. The van der Waals surface area contributed by atoms with Gasteiger partial charge in [0.25, 0.3) is 5.91 Å². The number of esters is 1. The highest BCUT2D eigenvalue weighted by Crippen LogP contribution is 2.19. The zero-order valence-electron chi connectivity index (χ0n) is 13.6. The van der Waals surface area contributed by atoms with Crippen LogP contribution in [0, 0.1) is 0 Å². The minimum absolute atomic E-state index is 0.222. The number of ether oxygens (including phenoxy) is 1. The number of anilines is 1. The van der Waals surface area contributed by atoms with Crippen LogP contribution in [-0.2, 0) is 4.74 Å². The molecule has 1 aromatic heterocycles. The highest BCUT2D eigenvalue weighted by atomic mass is 16.5. The van der Waals surface area contributed by atoms with Crippen LogP contribution >= 0.6 is 0 Å². The van der Waals surface area contributed by atoms with Crippen molar-refractivity contribution in [3.05, 3.63) is 89.9 Å². The van der Waals surface area contributed by atoms with E-state index in [1.807, 2.05) is 37.3 Å². The number of hydrogen-bond donors (Lipinski definition) is 1. The zero-order valence-corrected chi connectivity index (χ0v) is 13.6. The Hall–Kier alpha value is -3.34. The summed E-state index contributed by atoms with van der Waals surface area (Å²) in [6, 6.07) is 19.2. The van der Waals surface area contributed by atoms with E-state index >= 15 is 0 Å². The fourth-order valence-electron chi connectivity index (χ4n) is 2.31. The smallest absolute Gasteiger partial charge is 0.338 e. The molecule has 0 saturated carbocycles. The molecule has 5 nitrogen and oxygen atoms in total. The second-order valence-corrected chi connectivity index (χ2v) is 5.47. The van der Waals surface area contributed by atoms with Crippen molar-refractivity contribution in [1.82, 2.24) is 0 Å². The Morgan fingerprint density at radius 1 is 0.960 bits per heavy atom. The van der Waals surface area contributed by atoms with E-state index in [2.05, 4.69) is 5.32 Å². The summed E-state index contributed by atoms with van der Waals surface area (Å²) in [5, 5.41) is 2.69. The van der Waals surface area contributed by atoms with Crippen molar-refractivity contribution >= 4 is 17.6 Å². The summed E-state index contributed by atoms with van der Waals surface area (Å²) in [5.41, 5.74) is 1.91. The largest absolute Gasteiger partial charge is 0.459 e. The molecule has 3 rings (SSSR count).